The Labute approximate surface area is 109 Å². The van der Waals surface area contributed by atoms with Crippen molar-refractivity contribution >= 4 is 21.7 Å². The summed E-state index contributed by atoms with van der Waals surface area (Å²) in [5, 5.41) is 0. The van der Waals surface area contributed by atoms with Crippen molar-refractivity contribution in [1.29, 1.82) is 0 Å². The first-order chi connectivity index (χ1) is 8.13. The second-order valence-electron chi connectivity index (χ2n) is 3.90. The Morgan fingerprint density at radius 1 is 1.53 bits per heavy atom. The summed E-state index contributed by atoms with van der Waals surface area (Å²) in [6, 6.07) is 6.13. The second-order valence-corrected chi connectivity index (χ2v) is 4.76. The maximum Gasteiger partial charge on any atom is 0.131 e. The van der Waals surface area contributed by atoms with Gasteiger partial charge in [-0.15, -0.1) is 6.58 Å². The molecule has 2 rings (SSSR count). The molecule has 0 bridgehead atoms. The molecule has 2 aromatic rings. The molecule has 0 amide bonds. The van der Waals surface area contributed by atoms with Gasteiger partial charge in [0.25, 0.3) is 0 Å². The minimum atomic E-state index is 0.662. The zero-order valence-electron chi connectivity index (χ0n) is 9.65. The Morgan fingerprint density at radius 2 is 2.29 bits per heavy atom. The number of nitrogens with zero attached hydrogens (tertiary/aromatic N) is 2. The Morgan fingerprint density at radius 3 is 2.94 bits per heavy atom. The van der Waals surface area contributed by atoms with E-state index in [9.17, 15) is 0 Å². The highest BCUT2D eigenvalue weighted by Crippen LogP contribution is 2.31. The molecule has 4 heteroatoms. The van der Waals surface area contributed by atoms with Crippen LogP contribution in [0.5, 0.6) is 0 Å². The third-order valence-corrected chi connectivity index (χ3v) is 3.24. The van der Waals surface area contributed by atoms with Gasteiger partial charge < -0.3 is 10.3 Å². The number of hydrogen-bond acceptors (Lipinski definition) is 2. The largest absolute Gasteiger partial charge is 0.383 e. The van der Waals surface area contributed by atoms with Gasteiger partial charge in [0.05, 0.1) is 6.33 Å². The predicted molar refractivity (Wildman–Crippen MR) is 74.7 cm³/mol. The summed E-state index contributed by atoms with van der Waals surface area (Å²) >= 11 is 3.54. The number of nitrogen functional groups attached to an aromatic ring is 1. The van der Waals surface area contributed by atoms with Crippen LogP contribution in [0.4, 0.5) is 5.82 Å². The van der Waals surface area contributed by atoms with Crippen LogP contribution in [0.1, 0.15) is 5.56 Å². The van der Waals surface area contributed by atoms with E-state index in [0.717, 1.165) is 15.7 Å². The van der Waals surface area contributed by atoms with Crippen LogP contribution in [-0.4, -0.2) is 9.55 Å². The van der Waals surface area contributed by atoms with Crippen molar-refractivity contribution in [1.82, 2.24) is 9.55 Å². The molecule has 0 fully saturated rings. The van der Waals surface area contributed by atoms with Gasteiger partial charge in [0.15, 0.2) is 0 Å². The van der Waals surface area contributed by atoms with Crippen LogP contribution in [0.25, 0.3) is 11.3 Å². The van der Waals surface area contributed by atoms with Crippen LogP contribution < -0.4 is 5.73 Å². The van der Waals surface area contributed by atoms with Gasteiger partial charge in [0, 0.05) is 16.6 Å². The fourth-order valence-corrected chi connectivity index (χ4v) is 2.38. The van der Waals surface area contributed by atoms with Gasteiger partial charge in [-0.3, -0.25) is 0 Å². The van der Waals surface area contributed by atoms with Crippen LogP contribution >= 0.6 is 15.9 Å². The highest BCUT2D eigenvalue weighted by atomic mass is 79.9. The van der Waals surface area contributed by atoms with E-state index in [2.05, 4.69) is 33.6 Å². The fourth-order valence-electron chi connectivity index (χ4n) is 1.70. The van der Waals surface area contributed by atoms with Crippen molar-refractivity contribution < 1.29 is 0 Å². The molecule has 0 aliphatic carbocycles. The molecule has 0 spiro atoms. The summed E-state index contributed by atoms with van der Waals surface area (Å²) in [6.07, 6.45) is 3.53. The SMILES string of the molecule is C=CCn1cnc(-c2ccc(C)cc2Br)c1N. The highest BCUT2D eigenvalue weighted by molar-refractivity contribution is 9.10. The molecular weight excluding hydrogens is 278 g/mol. The topological polar surface area (TPSA) is 43.8 Å². The zero-order chi connectivity index (χ0) is 12.4. The van der Waals surface area contributed by atoms with Crippen molar-refractivity contribution in [2.24, 2.45) is 0 Å². The van der Waals surface area contributed by atoms with Crippen molar-refractivity contribution in [3.05, 3.63) is 47.2 Å². The summed E-state index contributed by atoms with van der Waals surface area (Å²) in [7, 11) is 0. The van der Waals surface area contributed by atoms with E-state index in [1.54, 1.807) is 12.4 Å². The molecule has 17 heavy (non-hydrogen) atoms. The third-order valence-electron chi connectivity index (χ3n) is 2.58. The summed E-state index contributed by atoms with van der Waals surface area (Å²) in [5.41, 5.74) is 9.07. The minimum absolute atomic E-state index is 0.662. The number of halogens is 1. The average Bonchev–Trinajstić information content (AvgIpc) is 2.62. The average molecular weight is 292 g/mol. The van der Waals surface area contributed by atoms with E-state index in [0.29, 0.717) is 12.4 Å². The van der Waals surface area contributed by atoms with Gasteiger partial charge in [0.1, 0.15) is 11.5 Å². The normalized spacial score (nSPS) is 10.5. The van der Waals surface area contributed by atoms with E-state index < -0.39 is 0 Å². The van der Waals surface area contributed by atoms with E-state index in [4.69, 9.17) is 5.73 Å². The molecule has 0 radical (unpaired) electrons. The van der Waals surface area contributed by atoms with E-state index >= 15 is 0 Å². The van der Waals surface area contributed by atoms with E-state index in [1.165, 1.54) is 5.56 Å². The van der Waals surface area contributed by atoms with Crippen molar-refractivity contribution in [2.45, 2.75) is 13.5 Å². The summed E-state index contributed by atoms with van der Waals surface area (Å²) in [4.78, 5) is 4.36. The maximum atomic E-state index is 6.06. The number of anilines is 1. The van der Waals surface area contributed by atoms with Crippen LogP contribution in [0.2, 0.25) is 0 Å². The number of nitrogens with two attached hydrogens (primary N) is 1. The molecule has 88 valence electrons. The quantitative estimate of drug-likeness (QED) is 0.881. The van der Waals surface area contributed by atoms with Gasteiger partial charge in [-0.25, -0.2) is 4.98 Å². The molecular formula is C13H14BrN3. The number of rotatable bonds is 3. The van der Waals surface area contributed by atoms with Crippen molar-refractivity contribution in [3.8, 4) is 11.3 Å². The summed E-state index contributed by atoms with van der Waals surface area (Å²) in [5.74, 6) is 0.662. The molecule has 1 heterocycles. The molecule has 0 aliphatic rings. The minimum Gasteiger partial charge on any atom is -0.383 e. The van der Waals surface area contributed by atoms with Gasteiger partial charge in [-0.1, -0.05) is 34.1 Å². The van der Waals surface area contributed by atoms with Crippen LogP contribution in [0, 0.1) is 6.92 Å². The lowest BCUT2D eigenvalue weighted by Crippen LogP contribution is -2.00. The highest BCUT2D eigenvalue weighted by Gasteiger charge is 2.11. The van der Waals surface area contributed by atoms with Crippen LogP contribution in [0.3, 0.4) is 0 Å². The molecule has 0 saturated carbocycles. The first-order valence-corrected chi connectivity index (χ1v) is 6.11. The smallest absolute Gasteiger partial charge is 0.131 e. The lowest BCUT2D eigenvalue weighted by Gasteiger charge is -2.05. The molecule has 0 saturated heterocycles. The molecule has 0 atom stereocenters. The molecule has 1 aromatic heterocycles. The van der Waals surface area contributed by atoms with E-state index in [-0.39, 0.29) is 0 Å². The van der Waals surface area contributed by atoms with Crippen molar-refractivity contribution in [3.63, 3.8) is 0 Å². The van der Waals surface area contributed by atoms with Crippen molar-refractivity contribution in [2.75, 3.05) is 5.73 Å². The van der Waals surface area contributed by atoms with Gasteiger partial charge in [-0.05, 0) is 18.6 Å². The number of imidazole rings is 1. The van der Waals surface area contributed by atoms with Gasteiger partial charge >= 0.3 is 0 Å². The number of aryl methyl sites for hydroxylation is 1. The molecule has 0 aliphatic heterocycles. The first kappa shape index (κ1) is 11.9. The standard InChI is InChI=1S/C13H14BrN3/c1-3-6-17-8-16-12(13(17)15)10-5-4-9(2)7-11(10)14/h3-5,7-8H,1,6,15H2,2H3. The summed E-state index contributed by atoms with van der Waals surface area (Å²) in [6.45, 7) is 6.41. The Kier molecular flexibility index (Phi) is 3.33. The molecule has 1 aromatic carbocycles. The Hall–Kier alpha value is -1.55. The molecule has 3 nitrogen and oxygen atoms in total. The zero-order valence-corrected chi connectivity index (χ0v) is 11.2. The first-order valence-electron chi connectivity index (χ1n) is 5.31. The number of allylic oxidation sites excluding steroid dienone is 1. The maximum absolute atomic E-state index is 6.06. The van der Waals surface area contributed by atoms with Crippen LogP contribution in [0.15, 0.2) is 41.7 Å². The van der Waals surface area contributed by atoms with Gasteiger partial charge in [-0.2, -0.15) is 0 Å². The predicted octanol–water partition coefficient (Wildman–Crippen LogP) is 3.39. The summed E-state index contributed by atoms with van der Waals surface area (Å²) < 4.78 is 2.88. The Balaban J connectivity index is 2.49. The number of benzene rings is 1. The fraction of sp³-hybridized carbons (Fsp3) is 0.154. The van der Waals surface area contributed by atoms with Crippen LogP contribution in [-0.2, 0) is 6.54 Å². The molecule has 0 unspecified atom stereocenters. The van der Waals surface area contributed by atoms with E-state index in [1.807, 2.05) is 23.6 Å². The molecule has 2 N–H and O–H groups in total. The lowest BCUT2D eigenvalue weighted by atomic mass is 10.1. The lowest BCUT2D eigenvalue weighted by molar-refractivity contribution is 0.833. The Bertz CT molecular complexity index is 558. The number of hydrogen-bond donors (Lipinski definition) is 1. The third kappa shape index (κ3) is 2.26. The van der Waals surface area contributed by atoms with Gasteiger partial charge in [0.2, 0.25) is 0 Å². The monoisotopic (exact) mass is 291 g/mol. The number of aromatic nitrogens is 2. The second kappa shape index (κ2) is 4.75.